The van der Waals surface area contributed by atoms with Crippen LogP contribution >= 0.6 is 0 Å². The van der Waals surface area contributed by atoms with E-state index in [9.17, 15) is 16.8 Å². The van der Waals surface area contributed by atoms with Crippen molar-refractivity contribution in [3.05, 3.63) is 24.3 Å². The first-order valence-corrected chi connectivity index (χ1v) is 8.47. The normalized spacial score (nSPS) is 16.1. The number of nitrogens with one attached hydrogen (secondary N) is 3. The van der Waals surface area contributed by atoms with E-state index in [0.717, 1.165) is 12.8 Å². The van der Waals surface area contributed by atoms with E-state index in [2.05, 4.69) is 14.2 Å². The van der Waals surface area contributed by atoms with Crippen LogP contribution < -0.4 is 19.3 Å². The van der Waals surface area contributed by atoms with E-state index in [1.54, 1.807) is 0 Å². The topological polar surface area (TPSA) is 130 Å². The summed E-state index contributed by atoms with van der Waals surface area (Å²) in [5.74, 6) is 0. The summed E-state index contributed by atoms with van der Waals surface area (Å²) in [5, 5.41) is 4.83. The molecule has 0 spiro atoms. The summed E-state index contributed by atoms with van der Waals surface area (Å²) in [5.41, 5.74) is 0.413. The Bertz CT molecular complexity index is 667. The Morgan fingerprint density at radius 1 is 1.05 bits per heavy atom. The van der Waals surface area contributed by atoms with Crippen molar-refractivity contribution in [2.75, 3.05) is 9.44 Å². The molecule has 0 bridgehead atoms. The second-order valence-corrected chi connectivity index (χ2v) is 6.97. The van der Waals surface area contributed by atoms with Gasteiger partial charge in [0.2, 0.25) is 0 Å². The van der Waals surface area contributed by atoms with Crippen LogP contribution in [-0.2, 0) is 20.4 Å². The Morgan fingerprint density at radius 2 is 1.63 bits per heavy atom. The molecule has 1 aromatic rings. The van der Waals surface area contributed by atoms with Crippen LogP contribution in [0.2, 0.25) is 0 Å². The van der Waals surface area contributed by atoms with Crippen molar-refractivity contribution in [3.63, 3.8) is 0 Å². The summed E-state index contributed by atoms with van der Waals surface area (Å²) < 4.78 is 51.9. The minimum absolute atomic E-state index is 0.0109. The number of hydrogen-bond donors (Lipinski definition) is 4. The minimum Gasteiger partial charge on any atom is -0.271 e. The number of rotatable bonds is 6. The first kappa shape index (κ1) is 14.1. The van der Waals surface area contributed by atoms with Crippen LogP contribution in [0, 0.1) is 0 Å². The highest BCUT2D eigenvalue weighted by molar-refractivity contribution is 7.91. The molecule has 0 atom stereocenters. The number of nitrogens with two attached hydrogens (primary N) is 1. The summed E-state index contributed by atoms with van der Waals surface area (Å²) >= 11 is 0. The van der Waals surface area contributed by atoms with Crippen LogP contribution in [0.4, 0.5) is 11.4 Å². The van der Waals surface area contributed by atoms with Gasteiger partial charge in [0, 0.05) is 6.04 Å². The highest BCUT2D eigenvalue weighted by Gasteiger charge is 2.26. The molecule has 10 heteroatoms. The first-order valence-electron chi connectivity index (χ1n) is 5.44. The van der Waals surface area contributed by atoms with Crippen molar-refractivity contribution in [1.29, 1.82) is 0 Å². The summed E-state index contributed by atoms with van der Waals surface area (Å²) in [6, 6.07) is 5.78. The molecule has 0 aliphatic heterocycles. The molecule has 106 valence electrons. The van der Waals surface area contributed by atoms with Gasteiger partial charge in [0.15, 0.2) is 0 Å². The molecule has 2 rings (SSSR count). The second kappa shape index (κ2) is 4.96. The Morgan fingerprint density at radius 3 is 2.16 bits per heavy atom. The van der Waals surface area contributed by atoms with E-state index in [-0.39, 0.29) is 17.4 Å². The lowest BCUT2D eigenvalue weighted by atomic mass is 10.3. The maximum Gasteiger partial charge on any atom is 0.299 e. The zero-order valence-electron chi connectivity index (χ0n) is 9.83. The molecule has 1 fully saturated rings. The van der Waals surface area contributed by atoms with E-state index < -0.39 is 20.4 Å². The van der Waals surface area contributed by atoms with Crippen LogP contribution in [0.5, 0.6) is 0 Å². The van der Waals surface area contributed by atoms with Gasteiger partial charge in [-0.05, 0) is 31.0 Å². The summed E-state index contributed by atoms with van der Waals surface area (Å²) in [4.78, 5) is 0. The molecule has 1 aliphatic rings. The van der Waals surface area contributed by atoms with Crippen molar-refractivity contribution in [3.8, 4) is 0 Å². The van der Waals surface area contributed by atoms with E-state index in [0.29, 0.717) is 0 Å². The smallest absolute Gasteiger partial charge is 0.271 e. The Hall–Kier alpha value is -1.36. The fourth-order valence-corrected chi connectivity index (χ4v) is 3.04. The lowest BCUT2D eigenvalue weighted by Crippen LogP contribution is -2.31. The Kier molecular flexibility index (Phi) is 3.67. The molecule has 0 saturated heterocycles. The lowest BCUT2D eigenvalue weighted by molar-refractivity contribution is 0.586. The first-order chi connectivity index (χ1) is 8.73. The largest absolute Gasteiger partial charge is 0.299 e. The molecule has 1 saturated carbocycles. The van der Waals surface area contributed by atoms with Gasteiger partial charge in [0.25, 0.3) is 20.4 Å². The molecule has 0 aromatic heterocycles. The lowest BCUT2D eigenvalue weighted by Gasteiger charge is -2.10. The Labute approximate surface area is 111 Å². The standard InChI is InChI=1S/C9H14N4O4S2/c10-18(14,15)11-8-2-1-3-9(6-8)13-19(16,17)12-7-4-5-7/h1-3,6-7,11-13H,4-5H2,(H2,10,14,15). The maximum absolute atomic E-state index is 11.7. The molecule has 1 aliphatic carbocycles. The SMILES string of the molecule is NS(=O)(=O)Nc1cccc(NS(=O)(=O)NC2CC2)c1. The van der Waals surface area contributed by atoms with Gasteiger partial charge in [0.05, 0.1) is 11.4 Å². The van der Waals surface area contributed by atoms with Gasteiger partial charge in [-0.25, -0.2) is 5.14 Å². The highest BCUT2D eigenvalue weighted by Crippen LogP contribution is 2.21. The third kappa shape index (κ3) is 5.03. The monoisotopic (exact) mass is 306 g/mol. The predicted molar refractivity (Wildman–Crippen MR) is 71.9 cm³/mol. The summed E-state index contributed by atoms with van der Waals surface area (Å²) in [7, 11) is -7.53. The molecule has 0 heterocycles. The molecule has 19 heavy (non-hydrogen) atoms. The van der Waals surface area contributed by atoms with E-state index in [4.69, 9.17) is 5.14 Å². The van der Waals surface area contributed by atoms with Crippen LogP contribution in [0.25, 0.3) is 0 Å². The van der Waals surface area contributed by atoms with Crippen molar-refractivity contribution in [2.24, 2.45) is 5.14 Å². The number of hydrogen-bond acceptors (Lipinski definition) is 4. The van der Waals surface area contributed by atoms with Crippen LogP contribution in [-0.4, -0.2) is 22.9 Å². The fraction of sp³-hybridized carbons (Fsp3) is 0.333. The van der Waals surface area contributed by atoms with Crippen LogP contribution in [0.3, 0.4) is 0 Å². The van der Waals surface area contributed by atoms with Gasteiger partial charge >= 0.3 is 0 Å². The van der Waals surface area contributed by atoms with Gasteiger partial charge in [-0.15, -0.1) is 0 Å². The van der Waals surface area contributed by atoms with Crippen molar-refractivity contribution in [2.45, 2.75) is 18.9 Å². The molecular weight excluding hydrogens is 292 g/mol. The molecule has 0 radical (unpaired) electrons. The molecule has 0 unspecified atom stereocenters. The van der Waals surface area contributed by atoms with Crippen molar-refractivity contribution < 1.29 is 16.8 Å². The Balaban J connectivity index is 2.10. The number of benzene rings is 1. The molecule has 0 amide bonds. The third-order valence-electron chi connectivity index (χ3n) is 2.27. The van der Waals surface area contributed by atoms with Gasteiger partial charge in [-0.2, -0.15) is 21.6 Å². The zero-order chi connectivity index (χ0) is 14.1. The average molecular weight is 306 g/mol. The average Bonchev–Trinajstić information content (AvgIpc) is 2.97. The summed E-state index contributed by atoms with van der Waals surface area (Å²) in [6.07, 6.45) is 1.65. The predicted octanol–water partition coefficient (Wildman–Crippen LogP) is -0.289. The van der Waals surface area contributed by atoms with E-state index in [1.807, 2.05) is 0 Å². The fourth-order valence-electron chi connectivity index (χ4n) is 1.42. The van der Waals surface area contributed by atoms with Crippen molar-refractivity contribution >= 4 is 31.8 Å². The molecule has 1 aromatic carbocycles. The van der Waals surface area contributed by atoms with Crippen LogP contribution in [0.15, 0.2) is 24.3 Å². The van der Waals surface area contributed by atoms with Gasteiger partial charge in [-0.1, -0.05) is 6.07 Å². The summed E-state index contributed by atoms with van der Waals surface area (Å²) in [6.45, 7) is 0. The second-order valence-electron chi connectivity index (χ2n) is 4.23. The van der Waals surface area contributed by atoms with Gasteiger partial charge in [-0.3, -0.25) is 9.44 Å². The third-order valence-corrected chi connectivity index (χ3v) is 3.94. The van der Waals surface area contributed by atoms with E-state index >= 15 is 0 Å². The van der Waals surface area contributed by atoms with Crippen LogP contribution in [0.1, 0.15) is 12.8 Å². The van der Waals surface area contributed by atoms with Crippen molar-refractivity contribution in [1.82, 2.24) is 4.72 Å². The quantitative estimate of drug-likeness (QED) is 0.575. The zero-order valence-corrected chi connectivity index (χ0v) is 11.5. The minimum atomic E-state index is -3.89. The maximum atomic E-state index is 11.7. The van der Waals surface area contributed by atoms with Gasteiger partial charge in [0.1, 0.15) is 0 Å². The van der Waals surface area contributed by atoms with E-state index in [1.165, 1.54) is 24.3 Å². The number of anilines is 2. The van der Waals surface area contributed by atoms with Gasteiger partial charge < -0.3 is 0 Å². The molecule has 8 nitrogen and oxygen atoms in total. The molecule has 5 N–H and O–H groups in total. The molecular formula is C9H14N4O4S2. The highest BCUT2D eigenvalue weighted by atomic mass is 32.2.